The molecule has 0 atom stereocenters. The fourth-order valence-electron chi connectivity index (χ4n) is 9.84. The predicted molar refractivity (Wildman–Crippen MR) is 115 cm³/mol. The maximum atomic E-state index is 12.8. The largest absolute Gasteiger partial charge is 0.362 e. The molecule has 0 radical (unpaired) electrons. The van der Waals surface area contributed by atoms with E-state index >= 15 is 0 Å². The molecule has 8 aliphatic carbocycles. The van der Waals surface area contributed by atoms with Crippen molar-refractivity contribution in [1.82, 2.24) is 10.6 Å². The smallest absolute Gasteiger partial charge is 0.226 e. The van der Waals surface area contributed by atoms with E-state index in [0.29, 0.717) is 22.4 Å². The summed E-state index contributed by atoms with van der Waals surface area (Å²) >= 11 is 5.55. The van der Waals surface area contributed by atoms with Gasteiger partial charge in [-0.3, -0.25) is 4.79 Å². The topological polar surface area (TPSA) is 41.1 Å². The summed E-state index contributed by atoms with van der Waals surface area (Å²) < 4.78 is 0. The maximum Gasteiger partial charge on any atom is 0.226 e. The minimum atomic E-state index is 0.171. The molecule has 0 aromatic heterocycles. The predicted octanol–water partition coefficient (Wildman–Crippen LogP) is 4.80. The molecular weight excluding hydrogens is 364 g/mol. The molecule has 0 aliphatic heterocycles. The second-order valence-corrected chi connectivity index (χ2v) is 12.7. The Hall–Kier alpha value is -0.640. The number of carbonyl (C=O) groups excluding carboxylic acids is 1. The van der Waals surface area contributed by atoms with E-state index in [1.165, 1.54) is 77.0 Å². The quantitative estimate of drug-likeness (QED) is 0.666. The molecule has 8 fully saturated rings. The van der Waals surface area contributed by atoms with Gasteiger partial charge in [-0.15, -0.1) is 0 Å². The molecule has 0 unspecified atom stereocenters. The van der Waals surface area contributed by atoms with Gasteiger partial charge in [-0.1, -0.05) is 0 Å². The standard InChI is InChI=1S/C24H36N2OS/c27-21(13-23-7-15-1-16(8-23)3-17(2-15)9-23)26-22(28)25-14-24-10-18-4-19(11-24)6-20(5-18)12-24/h15-20H,1-14H2,(H2,25,26,27,28). The number of thiocarbonyl (C=S) groups is 1. The van der Waals surface area contributed by atoms with Crippen molar-refractivity contribution in [2.75, 3.05) is 6.54 Å². The monoisotopic (exact) mass is 400 g/mol. The van der Waals surface area contributed by atoms with Gasteiger partial charge in [0.15, 0.2) is 5.11 Å². The Morgan fingerprint density at radius 2 is 1.11 bits per heavy atom. The third-order valence-corrected chi connectivity index (χ3v) is 9.99. The summed E-state index contributed by atoms with van der Waals surface area (Å²) in [6.07, 6.45) is 17.5. The Morgan fingerprint density at radius 3 is 1.54 bits per heavy atom. The zero-order valence-corrected chi connectivity index (χ0v) is 18.0. The van der Waals surface area contributed by atoms with Crippen molar-refractivity contribution < 1.29 is 4.79 Å². The Balaban J connectivity index is 1.02. The van der Waals surface area contributed by atoms with Gasteiger partial charge in [-0.2, -0.15) is 0 Å². The van der Waals surface area contributed by atoms with Crippen LogP contribution in [0.15, 0.2) is 0 Å². The van der Waals surface area contributed by atoms with E-state index in [1.54, 1.807) is 0 Å². The van der Waals surface area contributed by atoms with Gasteiger partial charge in [-0.25, -0.2) is 0 Å². The Kier molecular flexibility index (Phi) is 4.17. The average Bonchev–Trinajstić information content (AvgIpc) is 2.57. The number of hydrogen-bond acceptors (Lipinski definition) is 2. The highest BCUT2D eigenvalue weighted by atomic mass is 32.1. The molecule has 0 spiro atoms. The van der Waals surface area contributed by atoms with Crippen molar-refractivity contribution in [1.29, 1.82) is 0 Å². The van der Waals surface area contributed by atoms with Gasteiger partial charge in [0.25, 0.3) is 0 Å². The molecule has 4 heteroatoms. The van der Waals surface area contributed by atoms with Gasteiger partial charge >= 0.3 is 0 Å². The first-order valence-electron chi connectivity index (χ1n) is 12.0. The van der Waals surface area contributed by atoms with Gasteiger partial charge in [0, 0.05) is 13.0 Å². The van der Waals surface area contributed by atoms with E-state index in [2.05, 4.69) is 10.6 Å². The van der Waals surface area contributed by atoms with E-state index in [4.69, 9.17) is 12.2 Å². The first-order chi connectivity index (χ1) is 13.5. The van der Waals surface area contributed by atoms with Gasteiger partial charge in [0.05, 0.1) is 0 Å². The first-order valence-corrected chi connectivity index (χ1v) is 12.5. The van der Waals surface area contributed by atoms with Crippen LogP contribution in [0.25, 0.3) is 0 Å². The number of amides is 1. The highest BCUT2D eigenvalue weighted by Gasteiger charge is 2.52. The van der Waals surface area contributed by atoms with Crippen LogP contribution in [0, 0.1) is 46.3 Å². The maximum absolute atomic E-state index is 12.8. The summed E-state index contributed by atoms with van der Waals surface area (Å²) in [6.45, 7) is 0.979. The summed E-state index contributed by atoms with van der Waals surface area (Å²) in [5.74, 6) is 5.78. The van der Waals surface area contributed by atoms with Crippen molar-refractivity contribution in [3.63, 3.8) is 0 Å². The molecule has 8 rings (SSSR count). The average molecular weight is 401 g/mol. The second kappa shape index (κ2) is 6.43. The molecule has 0 aromatic rings. The summed E-state index contributed by atoms with van der Waals surface area (Å²) in [7, 11) is 0. The molecule has 2 N–H and O–H groups in total. The summed E-state index contributed by atoms with van der Waals surface area (Å²) in [6, 6.07) is 0. The van der Waals surface area contributed by atoms with Crippen molar-refractivity contribution in [3.8, 4) is 0 Å². The van der Waals surface area contributed by atoms with Crippen LogP contribution in [-0.2, 0) is 4.79 Å². The number of nitrogens with one attached hydrogen (secondary N) is 2. The number of rotatable bonds is 4. The molecule has 28 heavy (non-hydrogen) atoms. The molecule has 8 bridgehead atoms. The van der Waals surface area contributed by atoms with E-state index < -0.39 is 0 Å². The van der Waals surface area contributed by atoms with Gasteiger partial charge in [0.2, 0.25) is 5.91 Å². The van der Waals surface area contributed by atoms with Crippen molar-refractivity contribution in [2.24, 2.45) is 46.3 Å². The molecule has 3 nitrogen and oxygen atoms in total. The highest BCUT2D eigenvalue weighted by Crippen LogP contribution is 2.61. The summed E-state index contributed by atoms with van der Waals surface area (Å²) in [5, 5.41) is 7.14. The molecule has 8 saturated carbocycles. The Morgan fingerprint density at radius 1 is 0.714 bits per heavy atom. The van der Waals surface area contributed by atoms with E-state index in [1.807, 2.05) is 0 Å². The molecule has 8 aliphatic rings. The molecule has 1 amide bonds. The first kappa shape index (κ1) is 18.2. The van der Waals surface area contributed by atoms with Gasteiger partial charge < -0.3 is 10.6 Å². The second-order valence-electron chi connectivity index (χ2n) is 12.2. The normalized spacial score (nSPS) is 50.0. The van der Waals surface area contributed by atoms with Crippen LogP contribution < -0.4 is 10.6 Å². The van der Waals surface area contributed by atoms with Gasteiger partial charge in [0.1, 0.15) is 0 Å². The van der Waals surface area contributed by atoms with Crippen LogP contribution in [0.5, 0.6) is 0 Å². The minimum Gasteiger partial charge on any atom is -0.362 e. The molecule has 154 valence electrons. The Bertz CT molecular complexity index is 616. The minimum absolute atomic E-state index is 0.171. The summed E-state index contributed by atoms with van der Waals surface area (Å²) in [4.78, 5) is 12.8. The fraction of sp³-hybridized carbons (Fsp3) is 0.917. The van der Waals surface area contributed by atoms with Crippen LogP contribution in [0.3, 0.4) is 0 Å². The van der Waals surface area contributed by atoms with Crippen LogP contribution >= 0.6 is 12.2 Å². The van der Waals surface area contributed by atoms with Crippen LogP contribution in [0.1, 0.15) is 83.5 Å². The fourth-order valence-corrected chi connectivity index (χ4v) is 10.0. The van der Waals surface area contributed by atoms with Crippen LogP contribution in [-0.4, -0.2) is 17.6 Å². The molecule has 0 saturated heterocycles. The van der Waals surface area contributed by atoms with Crippen LogP contribution in [0.4, 0.5) is 0 Å². The SMILES string of the molecule is O=C(CC12CC3CC(CC(C3)C1)C2)NC(=S)NCC12CC3CC(CC(C3)C1)C2. The molecule has 0 heterocycles. The lowest BCUT2D eigenvalue weighted by atomic mass is 9.49. The highest BCUT2D eigenvalue weighted by molar-refractivity contribution is 7.80. The lowest BCUT2D eigenvalue weighted by molar-refractivity contribution is -0.128. The van der Waals surface area contributed by atoms with Gasteiger partial charge in [-0.05, 0) is 136 Å². The molecular formula is C24H36N2OS. The zero-order chi connectivity index (χ0) is 18.9. The lowest BCUT2D eigenvalue weighted by Crippen LogP contribution is -2.53. The number of hydrogen-bond donors (Lipinski definition) is 2. The molecule has 0 aromatic carbocycles. The third-order valence-electron chi connectivity index (χ3n) is 9.74. The number of carbonyl (C=O) groups is 1. The zero-order valence-electron chi connectivity index (χ0n) is 17.2. The van der Waals surface area contributed by atoms with Crippen molar-refractivity contribution in [2.45, 2.75) is 83.5 Å². The van der Waals surface area contributed by atoms with Crippen molar-refractivity contribution >= 4 is 23.2 Å². The lowest BCUT2D eigenvalue weighted by Gasteiger charge is -2.57. The van der Waals surface area contributed by atoms with E-state index in [0.717, 1.165) is 42.1 Å². The third kappa shape index (κ3) is 3.22. The summed E-state index contributed by atoms with van der Waals surface area (Å²) in [5.41, 5.74) is 0.762. The van der Waals surface area contributed by atoms with Crippen LogP contribution in [0.2, 0.25) is 0 Å². The van der Waals surface area contributed by atoms with Crippen molar-refractivity contribution in [3.05, 3.63) is 0 Å². The Labute approximate surface area is 175 Å². The van der Waals surface area contributed by atoms with E-state index in [9.17, 15) is 4.79 Å². The van der Waals surface area contributed by atoms with E-state index in [-0.39, 0.29) is 5.91 Å².